The van der Waals surface area contributed by atoms with Gasteiger partial charge in [-0.25, -0.2) is 0 Å². The third-order valence-corrected chi connectivity index (χ3v) is 3.58. The van der Waals surface area contributed by atoms with E-state index in [1.54, 1.807) is 11.8 Å². The van der Waals surface area contributed by atoms with E-state index in [9.17, 15) is 4.79 Å². The molecule has 0 saturated carbocycles. The fraction of sp³-hybridized carbons (Fsp3) is 0.917. The van der Waals surface area contributed by atoms with Crippen LogP contribution in [0.2, 0.25) is 0 Å². The molecule has 0 spiro atoms. The van der Waals surface area contributed by atoms with Crippen LogP contribution in [0, 0.1) is 0 Å². The molecule has 0 aromatic carbocycles. The SMILES string of the molecule is CCC(CSC)N(C)C(=O)CCCCCN. The normalized spacial score (nSPS) is 12.5. The van der Waals surface area contributed by atoms with E-state index >= 15 is 0 Å². The van der Waals surface area contributed by atoms with Crippen LogP contribution in [0.3, 0.4) is 0 Å². The number of carbonyl (C=O) groups is 1. The van der Waals surface area contributed by atoms with Gasteiger partial charge in [0, 0.05) is 25.3 Å². The molecule has 2 N–H and O–H groups in total. The number of amides is 1. The first kappa shape index (κ1) is 15.8. The van der Waals surface area contributed by atoms with Crippen molar-refractivity contribution in [2.45, 2.75) is 45.1 Å². The zero-order valence-electron chi connectivity index (χ0n) is 10.9. The molecule has 96 valence electrons. The zero-order valence-corrected chi connectivity index (χ0v) is 11.7. The maximum absolute atomic E-state index is 11.9. The highest BCUT2D eigenvalue weighted by atomic mass is 32.2. The minimum absolute atomic E-state index is 0.276. The minimum Gasteiger partial charge on any atom is -0.342 e. The summed E-state index contributed by atoms with van der Waals surface area (Å²) >= 11 is 1.80. The summed E-state index contributed by atoms with van der Waals surface area (Å²) in [4.78, 5) is 13.8. The maximum atomic E-state index is 11.9. The largest absolute Gasteiger partial charge is 0.342 e. The Hall–Kier alpha value is -0.220. The monoisotopic (exact) mass is 246 g/mol. The molecule has 0 rings (SSSR count). The van der Waals surface area contributed by atoms with Gasteiger partial charge in [0.05, 0.1) is 0 Å². The van der Waals surface area contributed by atoms with Crippen molar-refractivity contribution in [1.82, 2.24) is 4.90 Å². The van der Waals surface area contributed by atoms with Crippen molar-refractivity contribution in [3.8, 4) is 0 Å². The first-order valence-corrected chi connectivity index (χ1v) is 7.51. The van der Waals surface area contributed by atoms with E-state index in [1.165, 1.54) is 0 Å². The Bertz CT molecular complexity index is 188. The zero-order chi connectivity index (χ0) is 12.4. The van der Waals surface area contributed by atoms with Crippen LogP contribution in [0.15, 0.2) is 0 Å². The summed E-state index contributed by atoms with van der Waals surface area (Å²) in [6.45, 7) is 2.87. The number of rotatable bonds is 9. The molecule has 4 heteroatoms. The Morgan fingerprint density at radius 1 is 1.38 bits per heavy atom. The first-order chi connectivity index (χ1) is 7.67. The lowest BCUT2D eigenvalue weighted by Crippen LogP contribution is -2.38. The van der Waals surface area contributed by atoms with Crippen LogP contribution < -0.4 is 5.73 Å². The fourth-order valence-electron chi connectivity index (χ4n) is 1.67. The van der Waals surface area contributed by atoms with Crippen molar-refractivity contribution in [2.24, 2.45) is 5.73 Å². The molecule has 0 aliphatic heterocycles. The third-order valence-electron chi connectivity index (χ3n) is 2.87. The van der Waals surface area contributed by atoms with Crippen LogP contribution in [-0.2, 0) is 4.79 Å². The molecule has 0 aromatic rings. The molecule has 1 amide bonds. The van der Waals surface area contributed by atoms with Crippen molar-refractivity contribution in [1.29, 1.82) is 0 Å². The molecule has 0 radical (unpaired) electrons. The van der Waals surface area contributed by atoms with Gasteiger partial charge >= 0.3 is 0 Å². The van der Waals surface area contributed by atoms with Crippen molar-refractivity contribution >= 4 is 17.7 Å². The molecule has 0 heterocycles. The molecule has 3 nitrogen and oxygen atoms in total. The summed E-state index contributed by atoms with van der Waals surface area (Å²) in [5.74, 6) is 1.31. The summed E-state index contributed by atoms with van der Waals surface area (Å²) in [5.41, 5.74) is 5.42. The van der Waals surface area contributed by atoms with E-state index in [1.807, 2.05) is 11.9 Å². The first-order valence-electron chi connectivity index (χ1n) is 6.12. The van der Waals surface area contributed by atoms with Gasteiger partial charge in [0.1, 0.15) is 0 Å². The van der Waals surface area contributed by atoms with E-state index in [4.69, 9.17) is 5.73 Å². The van der Waals surface area contributed by atoms with Gasteiger partial charge < -0.3 is 10.6 Å². The van der Waals surface area contributed by atoms with Gasteiger partial charge in [0.2, 0.25) is 5.91 Å². The van der Waals surface area contributed by atoms with Gasteiger partial charge in [-0.15, -0.1) is 0 Å². The molecule has 0 bridgehead atoms. The molecule has 16 heavy (non-hydrogen) atoms. The number of hydrogen-bond donors (Lipinski definition) is 1. The quantitative estimate of drug-likeness (QED) is 0.634. The Labute approximate surface area is 104 Å². The second-order valence-electron chi connectivity index (χ2n) is 4.12. The highest BCUT2D eigenvalue weighted by Gasteiger charge is 2.16. The van der Waals surface area contributed by atoms with Gasteiger partial charge in [-0.3, -0.25) is 4.79 Å². The average molecular weight is 246 g/mol. The molecule has 0 saturated heterocycles. The fourth-order valence-corrected chi connectivity index (χ4v) is 2.52. The van der Waals surface area contributed by atoms with Crippen LogP contribution >= 0.6 is 11.8 Å². The lowest BCUT2D eigenvalue weighted by atomic mass is 10.1. The topological polar surface area (TPSA) is 46.3 Å². The van der Waals surface area contributed by atoms with Crippen LogP contribution in [0.4, 0.5) is 0 Å². The van der Waals surface area contributed by atoms with Gasteiger partial charge in [-0.1, -0.05) is 13.3 Å². The van der Waals surface area contributed by atoms with Crippen molar-refractivity contribution < 1.29 is 4.79 Å². The summed E-state index contributed by atoms with van der Waals surface area (Å²) in [6, 6.07) is 0.386. The van der Waals surface area contributed by atoms with Crippen LogP contribution in [0.25, 0.3) is 0 Å². The van der Waals surface area contributed by atoms with Crippen molar-refractivity contribution in [3.05, 3.63) is 0 Å². The predicted molar refractivity (Wildman–Crippen MR) is 72.8 cm³/mol. The molecule has 1 unspecified atom stereocenters. The molecule has 0 aliphatic rings. The number of hydrogen-bond acceptors (Lipinski definition) is 3. The van der Waals surface area contributed by atoms with E-state index in [0.29, 0.717) is 12.5 Å². The third kappa shape index (κ3) is 6.38. The second-order valence-corrected chi connectivity index (χ2v) is 5.03. The molecule has 0 aromatic heterocycles. The Kier molecular flexibility index (Phi) is 9.83. The smallest absolute Gasteiger partial charge is 0.222 e. The second kappa shape index (κ2) is 9.97. The number of thioether (sulfide) groups is 1. The standard InChI is InChI=1S/C12H26N2OS/c1-4-11(10-16-3)14(2)12(15)8-6-5-7-9-13/h11H,4-10,13H2,1-3H3. The molecular formula is C12H26N2OS. The summed E-state index contributed by atoms with van der Waals surface area (Å²) in [5, 5.41) is 0. The molecule has 0 aliphatic carbocycles. The Morgan fingerprint density at radius 2 is 2.06 bits per heavy atom. The number of unbranched alkanes of at least 4 members (excludes halogenated alkanes) is 2. The lowest BCUT2D eigenvalue weighted by molar-refractivity contribution is -0.131. The lowest BCUT2D eigenvalue weighted by Gasteiger charge is -2.26. The molecule has 0 fully saturated rings. The average Bonchev–Trinajstić information content (AvgIpc) is 2.30. The Morgan fingerprint density at radius 3 is 2.56 bits per heavy atom. The highest BCUT2D eigenvalue weighted by molar-refractivity contribution is 7.98. The highest BCUT2D eigenvalue weighted by Crippen LogP contribution is 2.11. The Balaban J connectivity index is 3.86. The summed E-state index contributed by atoms with van der Waals surface area (Å²) in [6.07, 6.45) is 6.85. The van der Waals surface area contributed by atoms with E-state index in [2.05, 4.69) is 13.2 Å². The van der Waals surface area contributed by atoms with Crippen molar-refractivity contribution in [3.63, 3.8) is 0 Å². The molecular weight excluding hydrogens is 220 g/mol. The van der Waals surface area contributed by atoms with Gasteiger partial charge in [0.15, 0.2) is 0 Å². The van der Waals surface area contributed by atoms with E-state index in [-0.39, 0.29) is 5.91 Å². The number of carbonyl (C=O) groups excluding carboxylic acids is 1. The maximum Gasteiger partial charge on any atom is 0.222 e. The van der Waals surface area contributed by atoms with E-state index < -0.39 is 0 Å². The minimum atomic E-state index is 0.276. The van der Waals surface area contributed by atoms with Gasteiger partial charge in [-0.05, 0) is 32.1 Å². The predicted octanol–water partition coefficient (Wildman–Crippen LogP) is 2.11. The number of nitrogens with zero attached hydrogens (tertiary/aromatic N) is 1. The van der Waals surface area contributed by atoms with Gasteiger partial charge in [-0.2, -0.15) is 11.8 Å². The van der Waals surface area contributed by atoms with Crippen LogP contribution in [0.5, 0.6) is 0 Å². The summed E-state index contributed by atoms with van der Waals surface area (Å²) in [7, 11) is 1.93. The van der Waals surface area contributed by atoms with E-state index in [0.717, 1.165) is 38.0 Å². The molecule has 1 atom stereocenters. The van der Waals surface area contributed by atoms with Crippen LogP contribution in [-0.4, -0.2) is 42.4 Å². The van der Waals surface area contributed by atoms with Crippen LogP contribution in [0.1, 0.15) is 39.0 Å². The van der Waals surface area contributed by atoms with Gasteiger partial charge in [0.25, 0.3) is 0 Å². The summed E-state index contributed by atoms with van der Waals surface area (Å²) < 4.78 is 0. The van der Waals surface area contributed by atoms with Crippen molar-refractivity contribution in [2.75, 3.05) is 25.6 Å². The number of nitrogens with two attached hydrogens (primary N) is 1.